The van der Waals surface area contributed by atoms with Crippen LogP contribution in [-0.4, -0.2) is 15.8 Å². The van der Waals surface area contributed by atoms with Gasteiger partial charge in [0, 0.05) is 24.7 Å². The molecule has 1 heterocycles. The number of hydrazine groups is 1. The molecule has 1 saturated carbocycles. The van der Waals surface area contributed by atoms with Crippen LogP contribution in [0.2, 0.25) is 0 Å². The lowest BCUT2D eigenvalue weighted by Gasteiger charge is -2.33. The Morgan fingerprint density at radius 3 is 2.75 bits per heavy atom. The van der Waals surface area contributed by atoms with Gasteiger partial charge in [-0.05, 0) is 43.6 Å². The van der Waals surface area contributed by atoms with Gasteiger partial charge in [0.2, 0.25) is 0 Å². The highest BCUT2D eigenvalue weighted by Crippen LogP contribution is 2.44. The van der Waals surface area contributed by atoms with Crippen molar-refractivity contribution >= 4 is 0 Å². The third-order valence-electron chi connectivity index (χ3n) is 5.04. The van der Waals surface area contributed by atoms with Gasteiger partial charge in [-0.25, -0.2) is 0 Å². The molecule has 0 saturated heterocycles. The highest BCUT2D eigenvalue weighted by Gasteiger charge is 2.39. The van der Waals surface area contributed by atoms with Crippen molar-refractivity contribution in [1.29, 1.82) is 0 Å². The fraction of sp³-hybridized carbons (Fsp3) is 0.812. The highest BCUT2D eigenvalue weighted by molar-refractivity contribution is 5.13. The molecular formula is C16H30N4. The second-order valence-electron chi connectivity index (χ2n) is 6.76. The minimum absolute atomic E-state index is 0.346. The summed E-state index contributed by atoms with van der Waals surface area (Å²) >= 11 is 0. The number of nitrogens with two attached hydrogens (primary N) is 1. The van der Waals surface area contributed by atoms with E-state index in [0.29, 0.717) is 17.4 Å². The van der Waals surface area contributed by atoms with Crippen LogP contribution in [0.25, 0.3) is 0 Å². The molecule has 2 atom stereocenters. The van der Waals surface area contributed by atoms with Crippen LogP contribution in [0.5, 0.6) is 0 Å². The van der Waals surface area contributed by atoms with Crippen molar-refractivity contribution in [2.75, 3.05) is 0 Å². The van der Waals surface area contributed by atoms with Crippen molar-refractivity contribution in [2.45, 2.75) is 72.4 Å². The summed E-state index contributed by atoms with van der Waals surface area (Å²) in [5, 5.41) is 4.65. The quantitative estimate of drug-likeness (QED) is 0.621. The zero-order chi connectivity index (χ0) is 14.8. The van der Waals surface area contributed by atoms with E-state index in [9.17, 15) is 0 Å². The SMILES string of the molecule is CCc1cc(CC(NN)C2CCCC2(C)C)n(CC)n1. The Kier molecular flexibility index (Phi) is 4.86. The average molecular weight is 278 g/mol. The summed E-state index contributed by atoms with van der Waals surface area (Å²) in [6, 6.07) is 2.59. The van der Waals surface area contributed by atoms with Crippen molar-refractivity contribution in [2.24, 2.45) is 17.2 Å². The van der Waals surface area contributed by atoms with Crippen molar-refractivity contribution < 1.29 is 0 Å². The van der Waals surface area contributed by atoms with Gasteiger partial charge >= 0.3 is 0 Å². The molecule has 4 heteroatoms. The zero-order valence-corrected chi connectivity index (χ0v) is 13.4. The molecule has 0 spiro atoms. The number of hydrogen-bond acceptors (Lipinski definition) is 3. The van der Waals surface area contributed by atoms with Gasteiger partial charge in [0.25, 0.3) is 0 Å². The Morgan fingerprint density at radius 2 is 2.25 bits per heavy atom. The van der Waals surface area contributed by atoms with Crippen LogP contribution in [0, 0.1) is 11.3 Å². The third-order valence-corrected chi connectivity index (χ3v) is 5.04. The number of nitrogens with one attached hydrogen (secondary N) is 1. The van der Waals surface area contributed by atoms with Gasteiger partial charge in [0.05, 0.1) is 5.69 Å². The maximum Gasteiger partial charge on any atom is 0.0624 e. The number of aryl methyl sites for hydroxylation is 2. The molecule has 0 bridgehead atoms. The Morgan fingerprint density at radius 1 is 1.50 bits per heavy atom. The molecule has 0 radical (unpaired) electrons. The molecule has 1 fully saturated rings. The van der Waals surface area contributed by atoms with E-state index < -0.39 is 0 Å². The van der Waals surface area contributed by atoms with E-state index in [0.717, 1.165) is 19.4 Å². The van der Waals surface area contributed by atoms with Crippen LogP contribution in [0.3, 0.4) is 0 Å². The van der Waals surface area contributed by atoms with Gasteiger partial charge in [-0.15, -0.1) is 0 Å². The molecule has 114 valence electrons. The lowest BCUT2D eigenvalue weighted by atomic mass is 9.76. The fourth-order valence-corrected chi connectivity index (χ4v) is 3.77. The van der Waals surface area contributed by atoms with Crippen LogP contribution < -0.4 is 11.3 Å². The van der Waals surface area contributed by atoms with Crippen LogP contribution >= 0.6 is 0 Å². The van der Waals surface area contributed by atoms with E-state index in [2.05, 4.69) is 49.0 Å². The van der Waals surface area contributed by atoms with Gasteiger partial charge in [0.1, 0.15) is 0 Å². The topological polar surface area (TPSA) is 55.9 Å². The predicted molar refractivity (Wildman–Crippen MR) is 83.2 cm³/mol. The van der Waals surface area contributed by atoms with Crippen molar-refractivity contribution in [3.63, 3.8) is 0 Å². The first kappa shape index (κ1) is 15.5. The number of rotatable bonds is 6. The molecule has 1 aliphatic rings. The van der Waals surface area contributed by atoms with E-state index in [4.69, 9.17) is 5.84 Å². The van der Waals surface area contributed by atoms with E-state index in [1.165, 1.54) is 30.7 Å². The van der Waals surface area contributed by atoms with E-state index in [-0.39, 0.29) is 0 Å². The summed E-state index contributed by atoms with van der Waals surface area (Å²) < 4.78 is 2.13. The van der Waals surface area contributed by atoms with Gasteiger partial charge in [-0.1, -0.05) is 27.2 Å². The fourth-order valence-electron chi connectivity index (χ4n) is 3.77. The lowest BCUT2D eigenvalue weighted by molar-refractivity contribution is 0.194. The monoisotopic (exact) mass is 278 g/mol. The average Bonchev–Trinajstić information content (AvgIpc) is 2.98. The van der Waals surface area contributed by atoms with Crippen LogP contribution in [-0.2, 0) is 19.4 Å². The lowest BCUT2D eigenvalue weighted by Crippen LogP contribution is -2.46. The number of nitrogens with zero attached hydrogens (tertiary/aromatic N) is 2. The first-order valence-corrected chi connectivity index (χ1v) is 8.03. The molecule has 0 amide bonds. The van der Waals surface area contributed by atoms with Crippen LogP contribution in [0.4, 0.5) is 0 Å². The molecule has 3 N–H and O–H groups in total. The summed E-state index contributed by atoms with van der Waals surface area (Å²) in [6.07, 6.45) is 5.88. The first-order chi connectivity index (χ1) is 9.51. The standard InChI is InChI=1S/C16H30N4/c1-5-12-10-13(20(6-2)19-12)11-15(18-17)14-8-7-9-16(14,3)4/h10,14-15,18H,5-9,11,17H2,1-4H3. The third kappa shape index (κ3) is 3.07. The van der Waals surface area contributed by atoms with Crippen molar-refractivity contribution in [3.8, 4) is 0 Å². The highest BCUT2D eigenvalue weighted by atomic mass is 15.3. The molecule has 1 aromatic rings. The zero-order valence-electron chi connectivity index (χ0n) is 13.4. The van der Waals surface area contributed by atoms with Gasteiger partial charge < -0.3 is 0 Å². The van der Waals surface area contributed by atoms with Gasteiger partial charge in [0.15, 0.2) is 0 Å². The molecule has 4 nitrogen and oxygen atoms in total. The molecule has 0 aromatic carbocycles. The minimum Gasteiger partial charge on any atom is -0.271 e. The summed E-state index contributed by atoms with van der Waals surface area (Å²) in [7, 11) is 0. The molecule has 0 aliphatic heterocycles. The molecule has 1 aliphatic carbocycles. The smallest absolute Gasteiger partial charge is 0.0624 e. The minimum atomic E-state index is 0.346. The normalized spacial score (nSPS) is 23.1. The maximum atomic E-state index is 5.87. The number of hydrogen-bond donors (Lipinski definition) is 2. The summed E-state index contributed by atoms with van der Waals surface area (Å²) in [5.74, 6) is 6.52. The second-order valence-corrected chi connectivity index (χ2v) is 6.76. The van der Waals surface area contributed by atoms with E-state index in [1.807, 2.05) is 0 Å². The summed E-state index contributed by atoms with van der Waals surface area (Å²) in [6.45, 7) is 10.00. The Labute approximate surface area is 123 Å². The Bertz CT molecular complexity index is 436. The van der Waals surface area contributed by atoms with Gasteiger partial charge in [-0.2, -0.15) is 5.10 Å². The van der Waals surface area contributed by atoms with Crippen LogP contribution in [0.1, 0.15) is 58.3 Å². The first-order valence-electron chi connectivity index (χ1n) is 8.03. The van der Waals surface area contributed by atoms with Crippen molar-refractivity contribution in [1.82, 2.24) is 15.2 Å². The van der Waals surface area contributed by atoms with E-state index >= 15 is 0 Å². The molecule has 20 heavy (non-hydrogen) atoms. The Hall–Kier alpha value is -0.870. The van der Waals surface area contributed by atoms with Crippen molar-refractivity contribution in [3.05, 3.63) is 17.5 Å². The summed E-state index contributed by atoms with van der Waals surface area (Å²) in [5.41, 5.74) is 5.97. The maximum absolute atomic E-state index is 5.87. The molecular weight excluding hydrogens is 248 g/mol. The molecule has 1 aromatic heterocycles. The Balaban J connectivity index is 2.16. The number of aromatic nitrogens is 2. The van der Waals surface area contributed by atoms with Crippen LogP contribution in [0.15, 0.2) is 6.07 Å². The largest absolute Gasteiger partial charge is 0.271 e. The summed E-state index contributed by atoms with van der Waals surface area (Å²) in [4.78, 5) is 0. The van der Waals surface area contributed by atoms with Gasteiger partial charge in [-0.3, -0.25) is 16.0 Å². The van der Waals surface area contributed by atoms with E-state index in [1.54, 1.807) is 0 Å². The molecule has 2 unspecified atom stereocenters. The second kappa shape index (κ2) is 6.27. The predicted octanol–water partition coefficient (Wildman–Crippen LogP) is 2.67. The molecule has 2 rings (SSSR count).